The van der Waals surface area contributed by atoms with Crippen LogP contribution in [0, 0.1) is 0 Å². The van der Waals surface area contributed by atoms with Gasteiger partial charge in [-0.05, 0) is 31.9 Å². The molecule has 1 aliphatic rings. The number of alkyl halides is 1. The van der Waals surface area contributed by atoms with Crippen molar-refractivity contribution in [3.63, 3.8) is 0 Å². The molecule has 1 heterocycles. The van der Waals surface area contributed by atoms with Crippen molar-refractivity contribution in [2.24, 2.45) is 0 Å². The average molecular weight is 208 g/mol. The molecule has 0 aliphatic carbocycles. The molecule has 0 atom stereocenters. The number of para-hydroxylation sites is 2. The number of halogens is 1. The maximum absolute atomic E-state index is 13.6. The van der Waals surface area contributed by atoms with Gasteiger partial charge in [0.25, 0.3) is 0 Å². The summed E-state index contributed by atoms with van der Waals surface area (Å²) in [5.74, 6) is 0. The lowest BCUT2D eigenvalue weighted by atomic mass is 9.95. The summed E-state index contributed by atoms with van der Waals surface area (Å²) in [4.78, 5) is 2.16. The van der Waals surface area contributed by atoms with Gasteiger partial charge in [-0.1, -0.05) is 12.1 Å². The first-order valence-corrected chi connectivity index (χ1v) is 5.37. The van der Waals surface area contributed by atoms with Crippen molar-refractivity contribution in [2.45, 2.75) is 25.4 Å². The largest absolute Gasteiger partial charge is 0.397 e. The fourth-order valence-electron chi connectivity index (χ4n) is 1.99. The number of hydrogen-bond donors (Lipinski definition) is 1. The molecule has 0 bridgehead atoms. The summed E-state index contributed by atoms with van der Waals surface area (Å²) in [5.41, 5.74) is 6.70. The molecule has 2 rings (SSSR count). The first-order chi connectivity index (χ1) is 7.08. The van der Waals surface area contributed by atoms with Gasteiger partial charge in [0.05, 0.1) is 11.4 Å². The molecule has 0 unspecified atom stereocenters. The number of hydrogen-bond acceptors (Lipinski definition) is 2. The van der Waals surface area contributed by atoms with Crippen LogP contribution in [0.2, 0.25) is 0 Å². The third-order valence-electron chi connectivity index (χ3n) is 3.08. The van der Waals surface area contributed by atoms with E-state index in [-0.39, 0.29) is 0 Å². The number of anilines is 2. The second-order valence-corrected chi connectivity index (χ2v) is 4.46. The van der Waals surface area contributed by atoms with Gasteiger partial charge in [0.15, 0.2) is 0 Å². The molecule has 3 heteroatoms. The monoisotopic (exact) mass is 208 g/mol. The highest BCUT2D eigenvalue weighted by Crippen LogP contribution is 2.31. The zero-order chi connectivity index (χ0) is 10.9. The zero-order valence-corrected chi connectivity index (χ0v) is 9.04. The number of rotatable bonds is 1. The molecule has 1 aliphatic heterocycles. The van der Waals surface area contributed by atoms with Crippen LogP contribution in [0.4, 0.5) is 15.8 Å². The lowest BCUT2D eigenvalue weighted by Crippen LogP contribution is -2.40. The van der Waals surface area contributed by atoms with Crippen LogP contribution in [-0.4, -0.2) is 18.8 Å². The predicted molar refractivity (Wildman–Crippen MR) is 61.8 cm³/mol. The summed E-state index contributed by atoms with van der Waals surface area (Å²) in [5, 5.41) is 0. The summed E-state index contributed by atoms with van der Waals surface area (Å²) in [7, 11) is 0. The minimum atomic E-state index is -1.000. The molecule has 2 nitrogen and oxygen atoms in total. The minimum absolute atomic E-state index is 0.585. The molecule has 1 aromatic rings. The van der Waals surface area contributed by atoms with Gasteiger partial charge in [0.1, 0.15) is 5.67 Å². The quantitative estimate of drug-likeness (QED) is 0.719. The smallest absolute Gasteiger partial charge is 0.111 e. The first kappa shape index (κ1) is 10.3. The van der Waals surface area contributed by atoms with Gasteiger partial charge in [0.2, 0.25) is 0 Å². The third-order valence-corrected chi connectivity index (χ3v) is 3.08. The second-order valence-electron chi connectivity index (χ2n) is 4.46. The van der Waals surface area contributed by atoms with E-state index in [1.165, 1.54) is 0 Å². The van der Waals surface area contributed by atoms with Crippen LogP contribution in [0.3, 0.4) is 0 Å². The van der Waals surface area contributed by atoms with E-state index in [4.69, 9.17) is 5.73 Å². The Morgan fingerprint density at radius 3 is 2.47 bits per heavy atom. The SMILES string of the molecule is CC1(F)CCN(c2ccccc2N)CC1. The zero-order valence-electron chi connectivity index (χ0n) is 9.04. The molecule has 0 radical (unpaired) electrons. The lowest BCUT2D eigenvalue weighted by molar-refractivity contribution is 0.149. The van der Waals surface area contributed by atoms with E-state index in [1.54, 1.807) is 6.92 Å². The number of nitrogen functional groups attached to an aromatic ring is 1. The minimum Gasteiger partial charge on any atom is -0.397 e. The number of nitrogens with zero attached hydrogens (tertiary/aromatic N) is 1. The van der Waals surface area contributed by atoms with Crippen LogP contribution in [-0.2, 0) is 0 Å². The number of benzene rings is 1. The van der Waals surface area contributed by atoms with Crippen LogP contribution in [0.5, 0.6) is 0 Å². The summed E-state index contributed by atoms with van der Waals surface area (Å²) in [6.07, 6.45) is 1.17. The molecule has 0 saturated carbocycles. The molecule has 1 fully saturated rings. The Labute approximate surface area is 89.9 Å². The van der Waals surface area contributed by atoms with Crippen molar-refractivity contribution in [2.75, 3.05) is 23.7 Å². The molecule has 82 valence electrons. The molecular weight excluding hydrogens is 191 g/mol. The first-order valence-electron chi connectivity index (χ1n) is 5.37. The number of piperidine rings is 1. The highest BCUT2D eigenvalue weighted by atomic mass is 19.1. The van der Waals surface area contributed by atoms with E-state index in [0.29, 0.717) is 12.8 Å². The van der Waals surface area contributed by atoms with Gasteiger partial charge in [0, 0.05) is 13.1 Å². The van der Waals surface area contributed by atoms with Gasteiger partial charge in [-0.15, -0.1) is 0 Å². The molecule has 15 heavy (non-hydrogen) atoms. The molecular formula is C12H17FN2. The Kier molecular flexibility index (Phi) is 2.55. The van der Waals surface area contributed by atoms with Gasteiger partial charge >= 0.3 is 0 Å². The maximum Gasteiger partial charge on any atom is 0.111 e. The van der Waals surface area contributed by atoms with Crippen molar-refractivity contribution >= 4 is 11.4 Å². The standard InChI is InChI=1S/C12H17FN2/c1-12(13)6-8-15(9-7-12)11-5-3-2-4-10(11)14/h2-5H,6-9,14H2,1H3. The Morgan fingerprint density at radius 2 is 1.87 bits per heavy atom. The Bertz CT molecular complexity index is 339. The molecule has 0 amide bonds. The van der Waals surface area contributed by atoms with Crippen molar-refractivity contribution in [3.05, 3.63) is 24.3 Å². The Hall–Kier alpha value is -1.25. The van der Waals surface area contributed by atoms with Gasteiger partial charge < -0.3 is 10.6 Å². The van der Waals surface area contributed by atoms with E-state index in [9.17, 15) is 4.39 Å². The van der Waals surface area contributed by atoms with Gasteiger partial charge in [-0.2, -0.15) is 0 Å². The number of nitrogens with two attached hydrogens (primary N) is 1. The van der Waals surface area contributed by atoms with Crippen molar-refractivity contribution < 1.29 is 4.39 Å². The van der Waals surface area contributed by atoms with E-state index < -0.39 is 5.67 Å². The third kappa shape index (κ3) is 2.22. The Morgan fingerprint density at radius 1 is 1.27 bits per heavy atom. The predicted octanol–water partition coefficient (Wildman–Crippen LogP) is 2.60. The Balaban J connectivity index is 2.11. The molecule has 1 aromatic carbocycles. The van der Waals surface area contributed by atoms with E-state index in [1.807, 2.05) is 24.3 Å². The molecule has 2 N–H and O–H groups in total. The van der Waals surface area contributed by atoms with E-state index >= 15 is 0 Å². The van der Waals surface area contributed by atoms with Crippen LogP contribution in [0.25, 0.3) is 0 Å². The molecule has 0 aromatic heterocycles. The van der Waals surface area contributed by atoms with Gasteiger partial charge in [-0.3, -0.25) is 0 Å². The summed E-state index contributed by atoms with van der Waals surface area (Å²) < 4.78 is 13.6. The highest BCUT2D eigenvalue weighted by molar-refractivity contribution is 5.67. The topological polar surface area (TPSA) is 29.3 Å². The van der Waals surface area contributed by atoms with E-state index in [2.05, 4.69) is 4.90 Å². The fraction of sp³-hybridized carbons (Fsp3) is 0.500. The summed E-state index contributed by atoms with van der Waals surface area (Å²) >= 11 is 0. The van der Waals surface area contributed by atoms with Crippen molar-refractivity contribution in [3.8, 4) is 0 Å². The summed E-state index contributed by atoms with van der Waals surface area (Å²) in [6, 6.07) is 7.77. The van der Waals surface area contributed by atoms with Gasteiger partial charge in [-0.25, -0.2) is 4.39 Å². The molecule has 0 spiro atoms. The van der Waals surface area contributed by atoms with Crippen LogP contribution >= 0.6 is 0 Å². The summed E-state index contributed by atoms with van der Waals surface area (Å²) in [6.45, 7) is 3.18. The maximum atomic E-state index is 13.6. The van der Waals surface area contributed by atoms with E-state index in [0.717, 1.165) is 24.5 Å². The van der Waals surface area contributed by atoms with Crippen LogP contribution < -0.4 is 10.6 Å². The van der Waals surface area contributed by atoms with Crippen LogP contribution in [0.1, 0.15) is 19.8 Å². The lowest BCUT2D eigenvalue weighted by Gasteiger charge is -2.36. The van der Waals surface area contributed by atoms with Crippen molar-refractivity contribution in [1.29, 1.82) is 0 Å². The second kappa shape index (κ2) is 3.72. The van der Waals surface area contributed by atoms with Crippen LogP contribution in [0.15, 0.2) is 24.3 Å². The highest BCUT2D eigenvalue weighted by Gasteiger charge is 2.29. The average Bonchev–Trinajstić information content (AvgIpc) is 2.19. The van der Waals surface area contributed by atoms with Crippen molar-refractivity contribution in [1.82, 2.24) is 0 Å². The molecule has 1 saturated heterocycles. The fourth-order valence-corrected chi connectivity index (χ4v) is 1.99. The normalized spacial score (nSPS) is 20.3.